The monoisotopic (exact) mass is 354 g/mol. The minimum absolute atomic E-state index is 0.0546. The first-order valence-corrected chi connectivity index (χ1v) is 9.15. The molecular weight excluding hydrogens is 328 g/mol. The van der Waals surface area contributed by atoms with Gasteiger partial charge in [0.05, 0.1) is 22.7 Å². The first-order chi connectivity index (χ1) is 12.5. The first-order valence-electron chi connectivity index (χ1n) is 9.15. The van der Waals surface area contributed by atoms with Crippen LogP contribution in [0, 0.1) is 0 Å². The van der Waals surface area contributed by atoms with E-state index < -0.39 is 0 Å². The number of anilines is 1. The number of nitrogens with zero attached hydrogens (tertiary/aromatic N) is 3. The molecule has 1 aromatic heterocycles. The van der Waals surface area contributed by atoms with Crippen molar-refractivity contribution in [3.05, 3.63) is 46.3 Å². The van der Waals surface area contributed by atoms with Crippen molar-refractivity contribution in [1.82, 2.24) is 9.55 Å². The van der Waals surface area contributed by atoms with Gasteiger partial charge >= 0.3 is 0 Å². The van der Waals surface area contributed by atoms with Gasteiger partial charge in [-0.15, -0.1) is 0 Å². The van der Waals surface area contributed by atoms with Gasteiger partial charge in [-0.1, -0.05) is 17.7 Å². The van der Waals surface area contributed by atoms with Crippen molar-refractivity contribution >= 4 is 22.6 Å². The quantitative estimate of drug-likeness (QED) is 0.608. The van der Waals surface area contributed by atoms with Gasteiger partial charge in [0.2, 0.25) is 5.95 Å². The lowest BCUT2D eigenvalue weighted by Crippen LogP contribution is -2.25. The Kier molecular flexibility index (Phi) is 5.83. The minimum Gasteiger partial charge on any atom is -0.379 e. The second-order valence-corrected chi connectivity index (χ2v) is 6.89. The summed E-state index contributed by atoms with van der Waals surface area (Å²) in [4.78, 5) is 17.5. The van der Waals surface area contributed by atoms with Crippen LogP contribution in [0.4, 0.5) is 5.95 Å². The molecule has 0 spiro atoms. The Morgan fingerprint density at radius 1 is 1.31 bits per heavy atom. The molecule has 0 radical (unpaired) electrons. The van der Waals surface area contributed by atoms with Crippen LogP contribution in [0.15, 0.2) is 45.8 Å². The van der Waals surface area contributed by atoms with Gasteiger partial charge in [0.1, 0.15) is 0 Å². The highest BCUT2D eigenvalue weighted by atomic mass is 16.5. The molecule has 0 aliphatic heterocycles. The number of aromatic nitrogens is 2. The number of rotatable bonds is 7. The average Bonchev–Trinajstić information content (AvgIpc) is 3.04. The Labute approximate surface area is 153 Å². The van der Waals surface area contributed by atoms with Gasteiger partial charge in [0, 0.05) is 13.2 Å². The number of hydrazone groups is 1. The lowest BCUT2D eigenvalue weighted by Gasteiger charge is -2.13. The molecule has 1 N–H and O–H groups in total. The van der Waals surface area contributed by atoms with Crippen LogP contribution >= 0.6 is 0 Å². The maximum Gasteiger partial charge on any atom is 0.262 e. The molecule has 6 nitrogen and oxygen atoms in total. The van der Waals surface area contributed by atoms with E-state index in [4.69, 9.17) is 4.74 Å². The number of benzene rings is 1. The second kappa shape index (κ2) is 8.27. The standard InChI is InChI=1S/C20H26N4O2/c1-14(2)26-12-6-11-24-19(25)17-7-4-5-8-18(17)21-20(24)23-22-16-10-9-15(3)13-16/h4-5,7-8,13-14H,6,9-12H2,1-3H3,(H,21,23)/b22-16-. The van der Waals surface area contributed by atoms with Gasteiger partial charge in [-0.3, -0.25) is 9.36 Å². The van der Waals surface area contributed by atoms with Crippen LogP contribution in [0.2, 0.25) is 0 Å². The third-order valence-electron chi connectivity index (χ3n) is 4.33. The number of hydrogen-bond acceptors (Lipinski definition) is 5. The summed E-state index contributed by atoms with van der Waals surface area (Å²) in [5.41, 5.74) is 5.94. The van der Waals surface area contributed by atoms with Gasteiger partial charge in [0.25, 0.3) is 5.56 Å². The summed E-state index contributed by atoms with van der Waals surface area (Å²) >= 11 is 0. The molecule has 0 fully saturated rings. The van der Waals surface area contributed by atoms with Gasteiger partial charge in [0.15, 0.2) is 0 Å². The molecule has 1 aromatic carbocycles. The van der Waals surface area contributed by atoms with Crippen LogP contribution in [0.3, 0.4) is 0 Å². The van der Waals surface area contributed by atoms with Crippen LogP contribution in [0.5, 0.6) is 0 Å². The van der Waals surface area contributed by atoms with E-state index in [-0.39, 0.29) is 11.7 Å². The Balaban J connectivity index is 1.88. The molecule has 0 saturated carbocycles. The van der Waals surface area contributed by atoms with Crippen LogP contribution in [0.1, 0.15) is 40.0 Å². The lowest BCUT2D eigenvalue weighted by atomic mass is 10.2. The topological polar surface area (TPSA) is 68.5 Å². The number of hydrogen-bond donors (Lipinski definition) is 1. The molecule has 0 atom stereocenters. The van der Waals surface area contributed by atoms with Gasteiger partial charge in [-0.2, -0.15) is 5.10 Å². The fourth-order valence-electron chi connectivity index (χ4n) is 2.97. The summed E-state index contributed by atoms with van der Waals surface area (Å²) in [6, 6.07) is 7.40. The molecule has 0 amide bonds. The van der Waals surface area contributed by atoms with Crippen molar-refractivity contribution in [3.63, 3.8) is 0 Å². The predicted octanol–water partition coefficient (Wildman–Crippen LogP) is 3.72. The Hall–Kier alpha value is -2.47. The highest BCUT2D eigenvalue weighted by Crippen LogP contribution is 2.16. The van der Waals surface area contributed by atoms with Crippen molar-refractivity contribution < 1.29 is 4.74 Å². The molecule has 1 aliphatic rings. The molecule has 2 aromatic rings. The van der Waals surface area contributed by atoms with Crippen molar-refractivity contribution in [2.45, 2.75) is 52.7 Å². The molecule has 26 heavy (non-hydrogen) atoms. The maximum atomic E-state index is 12.9. The summed E-state index contributed by atoms with van der Waals surface area (Å²) < 4.78 is 7.25. The summed E-state index contributed by atoms with van der Waals surface area (Å²) in [5, 5.41) is 5.06. The predicted molar refractivity (Wildman–Crippen MR) is 106 cm³/mol. The molecule has 6 heteroatoms. The number of allylic oxidation sites excluding steroid dienone is 2. The van der Waals surface area contributed by atoms with Gasteiger partial charge in [-0.05, 0) is 58.2 Å². The fourth-order valence-corrected chi connectivity index (χ4v) is 2.97. The molecular formula is C20H26N4O2. The van der Waals surface area contributed by atoms with E-state index in [2.05, 4.69) is 28.5 Å². The van der Waals surface area contributed by atoms with Crippen LogP contribution in [-0.2, 0) is 11.3 Å². The number of fused-ring (bicyclic) bond motifs is 1. The van der Waals surface area contributed by atoms with E-state index in [1.807, 2.05) is 38.1 Å². The first kappa shape index (κ1) is 18.3. The summed E-state index contributed by atoms with van der Waals surface area (Å²) in [6.45, 7) is 7.24. The SMILES string of the molecule is CC1=C/C(=N\Nc2nc3ccccc3c(=O)n2CCCOC(C)C)CC1. The summed E-state index contributed by atoms with van der Waals surface area (Å²) in [6.07, 6.45) is 4.95. The highest BCUT2D eigenvalue weighted by Gasteiger charge is 2.12. The van der Waals surface area contributed by atoms with Crippen LogP contribution in [0.25, 0.3) is 10.9 Å². The summed E-state index contributed by atoms with van der Waals surface area (Å²) in [5.74, 6) is 0.476. The zero-order valence-corrected chi connectivity index (χ0v) is 15.7. The number of ether oxygens (including phenoxy) is 1. The minimum atomic E-state index is -0.0546. The molecule has 1 aliphatic carbocycles. The van der Waals surface area contributed by atoms with Gasteiger partial charge in [-0.25, -0.2) is 10.4 Å². The summed E-state index contributed by atoms with van der Waals surface area (Å²) in [7, 11) is 0. The van der Waals surface area contributed by atoms with Crippen LogP contribution < -0.4 is 11.0 Å². The number of nitrogens with one attached hydrogen (secondary N) is 1. The van der Waals surface area contributed by atoms with E-state index >= 15 is 0 Å². The zero-order chi connectivity index (χ0) is 18.5. The number of para-hydroxylation sites is 1. The molecule has 0 unspecified atom stereocenters. The van der Waals surface area contributed by atoms with Crippen LogP contribution in [-0.4, -0.2) is 28.0 Å². The molecule has 1 heterocycles. The maximum absolute atomic E-state index is 12.9. The Morgan fingerprint density at radius 3 is 2.85 bits per heavy atom. The second-order valence-electron chi connectivity index (χ2n) is 6.89. The molecule has 138 valence electrons. The average molecular weight is 354 g/mol. The van der Waals surface area contributed by atoms with E-state index in [1.54, 1.807) is 4.57 Å². The van der Waals surface area contributed by atoms with E-state index in [1.165, 1.54) is 5.57 Å². The highest BCUT2D eigenvalue weighted by molar-refractivity contribution is 5.98. The fraction of sp³-hybridized carbons (Fsp3) is 0.450. The third kappa shape index (κ3) is 4.38. The molecule has 0 saturated heterocycles. The smallest absolute Gasteiger partial charge is 0.262 e. The van der Waals surface area contributed by atoms with Gasteiger partial charge < -0.3 is 4.74 Å². The largest absolute Gasteiger partial charge is 0.379 e. The van der Waals surface area contributed by atoms with E-state index in [0.29, 0.717) is 30.0 Å². The van der Waals surface area contributed by atoms with Crippen molar-refractivity contribution in [3.8, 4) is 0 Å². The molecule has 3 rings (SSSR count). The lowest BCUT2D eigenvalue weighted by molar-refractivity contribution is 0.0748. The Bertz CT molecular complexity index is 896. The van der Waals surface area contributed by atoms with Crippen molar-refractivity contribution in [2.75, 3.05) is 12.0 Å². The van der Waals surface area contributed by atoms with E-state index in [9.17, 15) is 4.79 Å². The Morgan fingerprint density at radius 2 is 2.12 bits per heavy atom. The van der Waals surface area contributed by atoms with Crippen molar-refractivity contribution in [1.29, 1.82) is 0 Å². The normalized spacial score (nSPS) is 15.8. The molecule has 0 bridgehead atoms. The zero-order valence-electron chi connectivity index (χ0n) is 15.7. The van der Waals surface area contributed by atoms with Crippen molar-refractivity contribution in [2.24, 2.45) is 5.10 Å². The van der Waals surface area contributed by atoms with E-state index in [0.717, 1.165) is 25.0 Å². The third-order valence-corrected chi connectivity index (χ3v) is 4.33.